The first-order valence-electron chi connectivity index (χ1n) is 10.0. The molecule has 0 spiro atoms. The molecule has 0 bridgehead atoms. The highest BCUT2D eigenvalue weighted by Gasteiger charge is 2.30. The lowest BCUT2D eigenvalue weighted by Gasteiger charge is -2.30. The smallest absolute Gasteiger partial charge is 0.391 e. The molecule has 0 radical (unpaired) electrons. The minimum Gasteiger partial charge on any atom is -0.391 e. The molecular formula is C21H24N6O4. The van der Waals surface area contributed by atoms with E-state index in [9.17, 15) is 9.59 Å². The summed E-state index contributed by atoms with van der Waals surface area (Å²) in [6.07, 6.45) is 1.98. The van der Waals surface area contributed by atoms with Crippen molar-refractivity contribution in [2.24, 2.45) is 7.05 Å². The van der Waals surface area contributed by atoms with Gasteiger partial charge in [0, 0.05) is 37.7 Å². The van der Waals surface area contributed by atoms with Gasteiger partial charge in [0.25, 0.3) is 5.91 Å². The highest BCUT2D eigenvalue weighted by atomic mass is 16.6. The minimum absolute atomic E-state index is 0.106. The van der Waals surface area contributed by atoms with Gasteiger partial charge in [-0.2, -0.15) is 10.1 Å². The van der Waals surface area contributed by atoms with Gasteiger partial charge in [-0.1, -0.05) is 35.5 Å². The molecule has 31 heavy (non-hydrogen) atoms. The van der Waals surface area contributed by atoms with Crippen molar-refractivity contribution in [3.8, 4) is 17.3 Å². The van der Waals surface area contributed by atoms with Crippen LogP contribution in [0.3, 0.4) is 0 Å². The van der Waals surface area contributed by atoms with Crippen molar-refractivity contribution in [2.45, 2.75) is 32.2 Å². The number of aromatic nitrogens is 4. The fourth-order valence-corrected chi connectivity index (χ4v) is 3.23. The number of ether oxygens (including phenoxy) is 1. The summed E-state index contributed by atoms with van der Waals surface area (Å²) in [6, 6.07) is 9.48. The van der Waals surface area contributed by atoms with E-state index in [1.165, 1.54) is 10.9 Å². The molecule has 10 heteroatoms. The Hall–Kier alpha value is -3.69. The average Bonchev–Trinajstić information content (AvgIpc) is 3.27. The van der Waals surface area contributed by atoms with E-state index in [-0.39, 0.29) is 17.4 Å². The van der Waals surface area contributed by atoms with Gasteiger partial charge in [0.1, 0.15) is 5.56 Å². The fraction of sp³-hybridized carbons (Fsp3) is 0.381. The monoisotopic (exact) mass is 424 g/mol. The summed E-state index contributed by atoms with van der Waals surface area (Å²) >= 11 is 0. The Morgan fingerprint density at radius 3 is 2.65 bits per heavy atom. The van der Waals surface area contributed by atoms with Crippen LogP contribution in [0.4, 0.5) is 4.79 Å². The Bertz CT molecular complexity index is 1080. The summed E-state index contributed by atoms with van der Waals surface area (Å²) in [4.78, 5) is 31.2. The molecule has 1 aliphatic heterocycles. The van der Waals surface area contributed by atoms with Crippen LogP contribution in [0.1, 0.15) is 36.5 Å². The van der Waals surface area contributed by atoms with Crippen LogP contribution in [0.2, 0.25) is 0 Å². The summed E-state index contributed by atoms with van der Waals surface area (Å²) in [5.41, 5.74) is 0.371. The predicted octanol–water partition coefficient (Wildman–Crippen LogP) is 2.43. The molecule has 0 atom stereocenters. The Balaban J connectivity index is 1.40. The van der Waals surface area contributed by atoms with Crippen LogP contribution < -0.4 is 10.1 Å². The van der Waals surface area contributed by atoms with Crippen LogP contribution in [-0.2, 0) is 13.5 Å². The van der Waals surface area contributed by atoms with Crippen LogP contribution >= 0.6 is 0 Å². The highest BCUT2D eigenvalue weighted by molar-refractivity contribution is 5.97. The maximum absolute atomic E-state index is 12.6. The Labute approximate surface area is 179 Å². The van der Waals surface area contributed by atoms with Crippen molar-refractivity contribution in [2.75, 3.05) is 13.1 Å². The zero-order valence-electron chi connectivity index (χ0n) is 17.7. The maximum Gasteiger partial charge on any atom is 0.414 e. The third kappa shape index (κ3) is 4.57. The Morgan fingerprint density at radius 2 is 1.97 bits per heavy atom. The van der Waals surface area contributed by atoms with Gasteiger partial charge >= 0.3 is 6.09 Å². The molecule has 1 aliphatic rings. The summed E-state index contributed by atoms with van der Waals surface area (Å²) < 4.78 is 12.1. The first-order valence-corrected chi connectivity index (χ1v) is 10.0. The summed E-state index contributed by atoms with van der Waals surface area (Å²) in [6.45, 7) is 5.02. The number of likely N-dealkylation sites (tertiary alicyclic amines) is 1. The molecule has 3 heterocycles. The molecule has 1 aromatic carbocycles. The molecule has 2 aromatic heterocycles. The second kappa shape index (κ2) is 8.21. The number of hydrogen-bond donors (Lipinski definition) is 1. The number of amides is 2. The van der Waals surface area contributed by atoms with Crippen LogP contribution in [-0.4, -0.2) is 55.4 Å². The van der Waals surface area contributed by atoms with Crippen molar-refractivity contribution >= 4 is 12.0 Å². The van der Waals surface area contributed by atoms with Gasteiger partial charge in [-0.15, -0.1) is 0 Å². The van der Waals surface area contributed by atoms with Gasteiger partial charge in [0.05, 0.1) is 6.20 Å². The van der Waals surface area contributed by atoms with Gasteiger partial charge in [-0.25, -0.2) is 9.48 Å². The van der Waals surface area contributed by atoms with Gasteiger partial charge in [0.15, 0.2) is 0 Å². The molecular weight excluding hydrogens is 400 g/mol. The van der Waals surface area contributed by atoms with Crippen molar-refractivity contribution in [1.29, 1.82) is 0 Å². The number of nitrogens with one attached hydrogen (secondary N) is 1. The lowest BCUT2D eigenvalue weighted by Crippen LogP contribution is -2.47. The minimum atomic E-state index is -0.738. The number of hydrogen-bond acceptors (Lipinski definition) is 7. The summed E-state index contributed by atoms with van der Waals surface area (Å²) in [5, 5.41) is 10.8. The lowest BCUT2D eigenvalue weighted by molar-refractivity contribution is 0.0648. The number of aryl methyl sites for hydroxylation is 1. The van der Waals surface area contributed by atoms with E-state index < -0.39 is 11.6 Å². The molecule has 3 aromatic rings. The fourth-order valence-electron chi connectivity index (χ4n) is 3.23. The zero-order valence-corrected chi connectivity index (χ0v) is 17.7. The second-order valence-corrected chi connectivity index (χ2v) is 8.09. The highest BCUT2D eigenvalue weighted by Crippen LogP contribution is 2.23. The number of carbonyl (C=O) groups is 2. The molecule has 4 rings (SSSR count). The van der Waals surface area contributed by atoms with E-state index in [2.05, 4.69) is 20.6 Å². The Kier molecular flexibility index (Phi) is 5.45. The molecule has 1 N–H and O–H groups in total. The normalized spacial score (nSPS) is 13.6. The summed E-state index contributed by atoms with van der Waals surface area (Å²) in [7, 11) is 1.62. The third-order valence-electron chi connectivity index (χ3n) is 4.98. The van der Waals surface area contributed by atoms with E-state index >= 15 is 0 Å². The summed E-state index contributed by atoms with van der Waals surface area (Å²) in [5.74, 6) is 0.784. The quantitative estimate of drug-likeness (QED) is 0.646. The molecule has 162 valence electrons. The van der Waals surface area contributed by atoms with Gasteiger partial charge in [-0.05, 0) is 20.3 Å². The second-order valence-electron chi connectivity index (χ2n) is 8.09. The largest absolute Gasteiger partial charge is 0.414 e. The van der Waals surface area contributed by atoms with Crippen molar-refractivity contribution in [1.82, 2.24) is 30.1 Å². The average molecular weight is 424 g/mol. The van der Waals surface area contributed by atoms with Gasteiger partial charge in [0.2, 0.25) is 17.6 Å². The van der Waals surface area contributed by atoms with Crippen molar-refractivity contribution in [3.63, 3.8) is 0 Å². The van der Waals surface area contributed by atoms with Crippen molar-refractivity contribution in [3.05, 3.63) is 48.0 Å². The molecule has 10 nitrogen and oxygen atoms in total. The number of carbonyl (C=O) groups excluding carboxylic acids is 2. The van der Waals surface area contributed by atoms with Crippen LogP contribution in [0.5, 0.6) is 5.88 Å². The van der Waals surface area contributed by atoms with E-state index in [0.717, 1.165) is 12.0 Å². The number of benzene rings is 1. The molecule has 0 aliphatic carbocycles. The van der Waals surface area contributed by atoms with E-state index in [1.54, 1.807) is 11.9 Å². The zero-order chi connectivity index (χ0) is 22.0. The lowest BCUT2D eigenvalue weighted by atomic mass is 10.0. The van der Waals surface area contributed by atoms with Crippen LogP contribution in [0, 0.1) is 0 Å². The first-order chi connectivity index (χ1) is 14.8. The topological polar surface area (TPSA) is 115 Å². The first kappa shape index (κ1) is 20.6. The Morgan fingerprint density at radius 1 is 1.23 bits per heavy atom. The van der Waals surface area contributed by atoms with Crippen LogP contribution in [0.25, 0.3) is 11.4 Å². The predicted molar refractivity (Wildman–Crippen MR) is 110 cm³/mol. The standard InChI is InChI=1S/C21H24N6O4/c1-21(2,12-16-23-17(25-31-16)14-8-5-4-6-9-14)24-20(29)30-19-15(13-22-26(19)3)18(28)27-10-7-11-27/h4-6,8-9,13H,7,10-12H2,1-3H3,(H,24,29). The third-order valence-corrected chi connectivity index (χ3v) is 4.98. The van der Waals surface area contributed by atoms with Crippen molar-refractivity contribution < 1.29 is 18.8 Å². The van der Waals surface area contributed by atoms with E-state index in [0.29, 0.717) is 31.2 Å². The number of rotatable bonds is 6. The molecule has 0 unspecified atom stereocenters. The molecule has 2 amide bonds. The maximum atomic E-state index is 12.6. The number of nitrogens with zero attached hydrogens (tertiary/aromatic N) is 5. The van der Waals surface area contributed by atoms with Gasteiger partial charge in [-0.3, -0.25) is 4.79 Å². The molecule has 1 fully saturated rings. The van der Waals surface area contributed by atoms with Gasteiger partial charge < -0.3 is 19.5 Å². The molecule has 1 saturated heterocycles. The van der Waals surface area contributed by atoms with E-state index in [4.69, 9.17) is 9.26 Å². The van der Waals surface area contributed by atoms with Crippen LogP contribution in [0.15, 0.2) is 41.1 Å². The molecule has 0 saturated carbocycles. The SMILES string of the molecule is Cn1ncc(C(=O)N2CCC2)c1OC(=O)NC(C)(C)Cc1nc(-c2ccccc2)no1. The van der Waals surface area contributed by atoms with E-state index in [1.807, 2.05) is 44.2 Å².